The summed E-state index contributed by atoms with van der Waals surface area (Å²) in [5, 5.41) is 3.54. The van der Waals surface area contributed by atoms with Crippen LogP contribution >= 0.6 is 11.3 Å². The third-order valence-corrected chi connectivity index (χ3v) is 3.71. The molecule has 1 fully saturated rings. The Morgan fingerprint density at radius 3 is 2.87 bits per heavy atom. The first-order chi connectivity index (χ1) is 7.45. The largest absolute Gasteiger partial charge is 0.378 e. The van der Waals surface area contributed by atoms with Gasteiger partial charge in [0, 0.05) is 28.9 Å². The fourth-order valence-corrected chi connectivity index (χ4v) is 2.87. The van der Waals surface area contributed by atoms with Crippen LogP contribution < -0.4 is 4.90 Å². The average Bonchev–Trinajstić information content (AvgIpc) is 2.78. The second-order valence-electron chi connectivity index (χ2n) is 3.71. The molecule has 15 heavy (non-hydrogen) atoms. The smallest absolute Gasteiger partial charge is 0.0642 e. The Kier molecular flexibility index (Phi) is 2.35. The highest BCUT2D eigenvalue weighted by atomic mass is 32.1. The highest BCUT2D eigenvalue weighted by Crippen LogP contribution is 2.30. The zero-order valence-electron chi connectivity index (χ0n) is 8.48. The molecule has 2 nitrogen and oxygen atoms in total. The summed E-state index contributed by atoms with van der Waals surface area (Å²) in [5.41, 5.74) is 1.36. The standard InChI is InChI=1S/C12H13NOS/c1-2-11(13-5-7-14-8-6-13)10-4-9-15-12(10)3-1/h1-4,9H,5-8H2. The molecule has 0 saturated carbocycles. The molecule has 1 saturated heterocycles. The minimum absolute atomic E-state index is 0.848. The van der Waals surface area contributed by atoms with Gasteiger partial charge in [0.15, 0.2) is 0 Å². The van der Waals surface area contributed by atoms with E-state index in [4.69, 9.17) is 4.74 Å². The summed E-state index contributed by atoms with van der Waals surface area (Å²) in [5.74, 6) is 0. The molecule has 1 aliphatic heterocycles. The lowest BCUT2D eigenvalue weighted by Crippen LogP contribution is -2.36. The molecular formula is C12H13NOS. The molecule has 0 atom stereocenters. The van der Waals surface area contributed by atoms with Gasteiger partial charge in [-0.05, 0) is 23.6 Å². The zero-order chi connectivity index (χ0) is 10.1. The number of anilines is 1. The summed E-state index contributed by atoms with van der Waals surface area (Å²) in [4.78, 5) is 2.42. The molecule has 0 N–H and O–H groups in total. The summed E-state index contributed by atoms with van der Waals surface area (Å²) in [6.07, 6.45) is 0. The maximum atomic E-state index is 5.38. The van der Waals surface area contributed by atoms with Crippen molar-refractivity contribution < 1.29 is 4.74 Å². The van der Waals surface area contributed by atoms with Crippen LogP contribution in [-0.2, 0) is 4.74 Å². The van der Waals surface area contributed by atoms with E-state index < -0.39 is 0 Å². The molecule has 0 aliphatic carbocycles. The molecule has 0 amide bonds. The summed E-state index contributed by atoms with van der Waals surface area (Å²) < 4.78 is 6.75. The highest BCUT2D eigenvalue weighted by Gasteiger charge is 2.13. The van der Waals surface area contributed by atoms with E-state index in [1.165, 1.54) is 15.8 Å². The number of rotatable bonds is 1. The first-order valence-electron chi connectivity index (χ1n) is 5.24. The molecule has 2 heterocycles. The number of morpholine rings is 1. The van der Waals surface area contributed by atoms with E-state index in [-0.39, 0.29) is 0 Å². The normalized spacial score (nSPS) is 17.2. The van der Waals surface area contributed by atoms with Gasteiger partial charge in [0.05, 0.1) is 13.2 Å². The molecule has 0 bridgehead atoms. The van der Waals surface area contributed by atoms with Crippen LogP contribution in [0.15, 0.2) is 29.6 Å². The Morgan fingerprint density at radius 1 is 1.13 bits per heavy atom. The quantitative estimate of drug-likeness (QED) is 0.731. The predicted octanol–water partition coefficient (Wildman–Crippen LogP) is 2.74. The maximum Gasteiger partial charge on any atom is 0.0642 e. The van der Waals surface area contributed by atoms with E-state index in [2.05, 4.69) is 34.5 Å². The molecule has 3 heteroatoms. The predicted molar refractivity (Wildman–Crippen MR) is 64.9 cm³/mol. The van der Waals surface area contributed by atoms with Gasteiger partial charge < -0.3 is 9.64 Å². The molecule has 3 rings (SSSR count). The second kappa shape index (κ2) is 3.83. The van der Waals surface area contributed by atoms with Crippen LogP contribution in [0.4, 0.5) is 5.69 Å². The van der Waals surface area contributed by atoms with Gasteiger partial charge in [-0.25, -0.2) is 0 Å². The first kappa shape index (κ1) is 9.19. The lowest BCUT2D eigenvalue weighted by atomic mass is 10.2. The average molecular weight is 219 g/mol. The summed E-state index contributed by atoms with van der Waals surface area (Å²) in [6, 6.07) is 8.75. The molecule has 78 valence electrons. The lowest BCUT2D eigenvalue weighted by Gasteiger charge is -2.29. The van der Waals surface area contributed by atoms with Gasteiger partial charge in [-0.1, -0.05) is 6.07 Å². The van der Waals surface area contributed by atoms with Crippen LogP contribution in [0.25, 0.3) is 10.1 Å². The van der Waals surface area contributed by atoms with Gasteiger partial charge in [0.25, 0.3) is 0 Å². The number of benzene rings is 1. The summed E-state index contributed by atoms with van der Waals surface area (Å²) in [7, 11) is 0. The minimum atomic E-state index is 0.848. The molecule has 1 aromatic heterocycles. The Balaban J connectivity index is 2.05. The van der Waals surface area contributed by atoms with Gasteiger partial charge in [-0.3, -0.25) is 0 Å². The van der Waals surface area contributed by atoms with E-state index in [9.17, 15) is 0 Å². The Labute approximate surface area is 93.1 Å². The number of hydrogen-bond acceptors (Lipinski definition) is 3. The second-order valence-corrected chi connectivity index (χ2v) is 4.66. The number of nitrogens with zero attached hydrogens (tertiary/aromatic N) is 1. The van der Waals surface area contributed by atoms with Gasteiger partial charge >= 0.3 is 0 Å². The summed E-state index contributed by atoms with van der Waals surface area (Å²) in [6.45, 7) is 3.71. The van der Waals surface area contributed by atoms with Gasteiger partial charge in [-0.15, -0.1) is 11.3 Å². The number of fused-ring (bicyclic) bond motifs is 1. The number of ether oxygens (including phenoxy) is 1. The van der Waals surface area contributed by atoms with Crippen LogP contribution in [0.3, 0.4) is 0 Å². The molecule has 1 aliphatic rings. The van der Waals surface area contributed by atoms with Crippen LogP contribution in [-0.4, -0.2) is 26.3 Å². The van der Waals surface area contributed by atoms with Gasteiger partial charge in [0.1, 0.15) is 0 Å². The Hall–Kier alpha value is -1.06. The zero-order valence-corrected chi connectivity index (χ0v) is 9.30. The van der Waals surface area contributed by atoms with Crippen molar-refractivity contribution in [1.29, 1.82) is 0 Å². The number of hydrogen-bond donors (Lipinski definition) is 0. The van der Waals surface area contributed by atoms with E-state index in [0.717, 1.165) is 26.3 Å². The molecule has 1 aromatic carbocycles. The third-order valence-electron chi connectivity index (χ3n) is 2.82. The first-order valence-corrected chi connectivity index (χ1v) is 6.12. The minimum Gasteiger partial charge on any atom is -0.378 e. The Bertz CT molecular complexity index is 459. The highest BCUT2D eigenvalue weighted by molar-refractivity contribution is 7.17. The fraction of sp³-hybridized carbons (Fsp3) is 0.333. The van der Waals surface area contributed by atoms with E-state index in [1.807, 2.05) is 11.3 Å². The fourth-order valence-electron chi connectivity index (χ4n) is 2.06. The van der Waals surface area contributed by atoms with Crippen molar-refractivity contribution in [2.75, 3.05) is 31.2 Å². The maximum absolute atomic E-state index is 5.38. The van der Waals surface area contributed by atoms with Crippen molar-refractivity contribution in [1.82, 2.24) is 0 Å². The van der Waals surface area contributed by atoms with Crippen LogP contribution in [0.1, 0.15) is 0 Å². The van der Waals surface area contributed by atoms with Gasteiger partial charge in [0.2, 0.25) is 0 Å². The summed E-state index contributed by atoms with van der Waals surface area (Å²) >= 11 is 1.81. The van der Waals surface area contributed by atoms with E-state index >= 15 is 0 Å². The van der Waals surface area contributed by atoms with E-state index in [0.29, 0.717) is 0 Å². The van der Waals surface area contributed by atoms with Gasteiger partial charge in [-0.2, -0.15) is 0 Å². The molecular weight excluding hydrogens is 206 g/mol. The molecule has 0 radical (unpaired) electrons. The van der Waals surface area contributed by atoms with Crippen molar-refractivity contribution in [3.05, 3.63) is 29.6 Å². The van der Waals surface area contributed by atoms with Crippen molar-refractivity contribution in [2.24, 2.45) is 0 Å². The molecule has 2 aromatic rings. The number of thiophene rings is 1. The monoisotopic (exact) mass is 219 g/mol. The lowest BCUT2D eigenvalue weighted by molar-refractivity contribution is 0.123. The van der Waals surface area contributed by atoms with Crippen molar-refractivity contribution in [3.63, 3.8) is 0 Å². The van der Waals surface area contributed by atoms with Crippen LogP contribution in [0.5, 0.6) is 0 Å². The SMILES string of the molecule is c1cc(N2CCOCC2)c2ccsc2c1. The third kappa shape index (κ3) is 1.62. The van der Waals surface area contributed by atoms with Crippen LogP contribution in [0.2, 0.25) is 0 Å². The van der Waals surface area contributed by atoms with Crippen molar-refractivity contribution >= 4 is 27.1 Å². The molecule has 0 unspecified atom stereocenters. The Morgan fingerprint density at radius 2 is 2.00 bits per heavy atom. The van der Waals surface area contributed by atoms with E-state index in [1.54, 1.807) is 0 Å². The molecule has 0 spiro atoms. The van der Waals surface area contributed by atoms with Crippen LogP contribution in [0, 0.1) is 0 Å². The topological polar surface area (TPSA) is 12.5 Å². The van der Waals surface area contributed by atoms with Crippen molar-refractivity contribution in [2.45, 2.75) is 0 Å². The van der Waals surface area contributed by atoms with Crippen molar-refractivity contribution in [3.8, 4) is 0 Å².